The fourth-order valence-corrected chi connectivity index (χ4v) is 3.91. The molecule has 0 saturated carbocycles. The first-order chi connectivity index (χ1) is 20.6. The monoisotopic (exact) mass is 569 g/mol. The smallest absolute Gasteiger partial charge is 0.204 e. The van der Waals surface area contributed by atoms with Crippen LogP contribution in [0.4, 0.5) is 0 Å². The second-order valence-electron chi connectivity index (χ2n) is 8.77. The molecule has 4 heterocycles. The van der Waals surface area contributed by atoms with Gasteiger partial charge in [0.1, 0.15) is 0 Å². The fraction of sp³-hybridized carbons (Fsp3) is 0.222. The standard InChI is InChI=1S/C18H18N6O3.C9H9N5O/c1-24-17(20-22-23-24)16(13-6-3-2-4-7-13)21-27-12-14-8-5-9-15(19-14)18-25-10-11-26-18;1-14-9(10-12-13-14)8(11-15)7-5-3-2-4-6-7/h2-9,18H,10-12H2,1H3;2-6,15H,1H3. The van der Waals surface area contributed by atoms with Crippen molar-refractivity contribution in [2.24, 2.45) is 24.4 Å². The summed E-state index contributed by atoms with van der Waals surface area (Å²) in [5, 5.41) is 38.9. The van der Waals surface area contributed by atoms with Crippen molar-refractivity contribution in [2.45, 2.75) is 12.9 Å². The predicted molar refractivity (Wildman–Crippen MR) is 147 cm³/mol. The highest BCUT2D eigenvalue weighted by molar-refractivity contribution is 6.10. The first-order valence-electron chi connectivity index (χ1n) is 12.8. The van der Waals surface area contributed by atoms with Gasteiger partial charge in [0.2, 0.25) is 17.9 Å². The van der Waals surface area contributed by atoms with Crippen LogP contribution in [0, 0.1) is 0 Å². The van der Waals surface area contributed by atoms with Gasteiger partial charge in [0.15, 0.2) is 18.0 Å². The Morgan fingerprint density at radius 1 is 0.810 bits per heavy atom. The molecule has 0 radical (unpaired) electrons. The molecule has 0 aliphatic carbocycles. The molecule has 3 aromatic heterocycles. The van der Waals surface area contributed by atoms with Gasteiger partial charge in [0.25, 0.3) is 0 Å². The molecule has 0 atom stereocenters. The highest BCUT2D eigenvalue weighted by Gasteiger charge is 2.20. The second kappa shape index (κ2) is 13.8. The number of nitrogens with zero attached hydrogens (tertiary/aromatic N) is 11. The molecule has 214 valence electrons. The van der Waals surface area contributed by atoms with Gasteiger partial charge < -0.3 is 19.5 Å². The lowest BCUT2D eigenvalue weighted by molar-refractivity contribution is -0.0475. The predicted octanol–water partition coefficient (Wildman–Crippen LogP) is 2.06. The Labute approximate surface area is 240 Å². The SMILES string of the molecule is Cn1nnnc1C(=NO)c1ccccc1.Cn1nnnc1C(=NOCc1cccc(C2OCCO2)n1)c1ccccc1. The molecule has 6 rings (SSSR count). The van der Waals surface area contributed by atoms with Crippen LogP contribution in [0.5, 0.6) is 0 Å². The number of aryl methyl sites for hydroxylation is 2. The second-order valence-corrected chi connectivity index (χ2v) is 8.77. The number of pyridine rings is 1. The first-order valence-corrected chi connectivity index (χ1v) is 12.8. The van der Waals surface area contributed by atoms with Gasteiger partial charge in [-0.05, 0) is 33.0 Å². The quantitative estimate of drug-likeness (QED) is 0.165. The van der Waals surface area contributed by atoms with E-state index in [0.717, 1.165) is 22.5 Å². The molecule has 5 aromatic rings. The van der Waals surface area contributed by atoms with Gasteiger partial charge in [0, 0.05) is 25.2 Å². The van der Waals surface area contributed by atoms with E-state index in [1.54, 1.807) is 18.8 Å². The lowest BCUT2D eigenvalue weighted by Crippen LogP contribution is -2.12. The summed E-state index contributed by atoms with van der Waals surface area (Å²) < 4.78 is 13.9. The molecule has 1 saturated heterocycles. The van der Waals surface area contributed by atoms with Crippen molar-refractivity contribution in [2.75, 3.05) is 13.2 Å². The maximum atomic E-state index is 8.95. The Balaban J connectivity index is 0.000000199. The summed E-state index contributed by atoms with van der Waals surface area (Å²) in [5.41, 5.74) is 3.95. The van der Waals surface area contributed by atoms with E-state index >= 15 is 0 Å². The lowest BCUT2D eigenvalue weighted by Gasteiger charge is -2.10. The van der Waals surface area contributed by atoms with Gasteiger partial charge in [-0.15, -0.1) is 10.2 Å². The van der Waals surface area contributed by atoms with Crippen LogP contribution in [0.15, 0.2) is 89.2 Å². The van der Waals surface area contributed by atoms with Gasteiger partial charge in [-0.2, -0.15) is 0 Å². The minimum Gasteiger partial charge on any atom is -0.410 e. The molecule has 1 aliphatic heterocycles. The third kappa shape index (κ3) is 6.83. The molecule has 15 nitrogen and oxygen atoms in total. The van der Waals surface area contributed by atoms with Gasteiger partial charge in [0.05, 0.1) is 24.6 Å². The van der Waals surface area contributed by atoms with Crippen molar-refractivity contribution in [1.82, 2.24) is 45.4 Å². The number of ether oxygens (including phenoxy) is 2. The average Bonchev–Trinajstić information content (AvgIpc) is 3.81. The summed E-state index contributed by atoms with van der Waals surface area (Å²) in [6, 6.07) is 24.5. The van der Waals surface area contributed by atoms with Crippen molar-refractivity contribution in [1.29, 1.82) is 0 Å². The van der Waals surface area contributed by atoms with Crippen LogP contribution in [-0.2, 0) is 35.0 Å². The summed E-state index contributed by atoms with van der Waals surface area (Å²) in [6.45, 7) is 1.34. The van der Waals surface area contributed by atoms with E-state index in [2.05, 4.69) is 46.3 Å². The van der Waals surface area contributed by atoms with E-state index in [1.165, 1.54) is 4.68 Å². The van der Waals surface area contributed by atoms with E-state index in [-0.39, 0.29) is 6.61 Å². The maximum Gasteiger partial charge on any atom is 0.204 e. The minimum atomic E-state index is -0.418. The van der Waals surface area contributed by atoms with Crippen LogP contribution in [0.1, 0.15) is 40.5 Å². The van der Waals surface area contributed by atoms with Crippen molar-refractivity contribution in [3.05, 3.63) is 113 Å². The number of tetrazole rings is 2. The summed E-state index contributed by atoms with van der Waals surface area (Å²) in [6.07, 6.45) is -0.418. The molecule has 0 bridgehead atoms. The lowest BCUT2D eigenvalue weighted by atomic mass is 10.1. The van der Waals surface area contributed by atoms with E-state index in [1.807, 2.05) is 78.9 Å². The van der Waals surface area contributed by atoms with E-state index in [0.29, 0.717) is 36.3 Å². The molecule has 1 N–H and O–H groups in total. The topological polar surface area (TPSA) is 173 Å². The molecule has 0 spiro atoms. The molecular weight excluding hydrogens is 542 g/mol. The Bertz CT molecular complexity index is 1630. The van der Waals surface area contributed by atoms with Gasteiger partial charge >= 0.3 is 0 Å². The highest BCUT2D eigenvalue weighted by Crippen LogP contribution is 2.21. The molecule has 15 heteroatoms. The Hall–Kier alpha value is -5.41. The normalized spacial score (nSPS) is 14.0. The summed E-state index contributed by atoms with van der Waals surface area (Å²) in [5.74, 6) is 0.930. The maximum absolute atomic E-state index is 8.95. The summed E-state index contributed by atoms with van der Waals surface area (Å²) in [4.78, 5) is 10.1. The van der Waals surface area contributed by atoms with Gasteiger partial charge in [-0.3, -0.25) is 0 Å². The van der Waals surface area contributed by atoms with Crippen molar-refractivity contribution in [3.63, 3.8) is 0 Å². The van der Waals surface area contributed by atoms with Crippen LogP contribution < -0.4 is 0 Å². The highest BCUT2D eigenvalue weighted by atomic mass is 16.7. The molecule has 0 amide bonds. The van der Waals surface area contributed by atoms with Crippen LogP contribution in [-0.4, -0.2) is 75.2 Å². The first kappa shape index (κ1) is 28.1. The molecule has 1 aliphatic rings. The van der Waals surface area contributed by atoms with Gasteiger partial charge in [-0.25, -0.2) is 14.3 Å². The zero-order chi connectivity index (χ0) is 29.1. The van der Waals surface area contributed by atoms with Gasteiger partial charge in [-0.1, -0.05) is 77.0 Å². The van der Waals surface area contributed by atoms with Crippen LogP contribution >= 0.6 is 0 Å². The zero-order valence-corrected chi connectivity index (χ0v) is 22.8. The Kier molecular flexibility index (Phi) is 9.23. The van der Waals surface area contributed by atoms with E-state index in [4.69, 9.17) is 19.5 Å². The number of benzene rings is 2. The molecule has 2 aromatic carbocycles. The number of oxime groups is 2. The third-order valence-electron chi connectivity index (χ3n) is 5.92. The summed E-state index contributed by atoms with van der Waals surface area (Å²) in [7, 11) is 3.43. The van der Waals surface area contributed by atoms with E-state index < -0.39 is 6.29 Å². The van der Waals surface area contributed by atoms with Crippen LogP contribution in [0.25, 0.3) is 0 Å². The molecule has 0 unspecified atom stereocenters. The Morgan fingerprint density at radius 3 is 1.93 bits per heavy atom. The van der Waals surface area contributed by atoms with E-state index in [9.17, 15) is 0 Å². The number of hydrogen-bond donors (Lipinski definition) is 1. The average molecular weight is 570 g/mol. The molecule has 1 fully saturated rings. The van der Waals surface area contributed by atoms with Crippen LogP contribution in [0.2, 0.25) is 0 Å². The largest absolute Gasteiger partial charge is 0.410 e. The number of aromatic nitrogens is 9. The van der Waals surface area contributed by atoms with Crippen molar-refractivity contribution in [3.8, 4) is 0 Å². The molecular formula is C27H27N11O4. The fourth-order valence-electron chi connectivity index (χ4n) is 3.91. The van der Waals surface area contributed by atoms with Crippen LogP contribution in [0.3, 0.4) is 0 Å². The molecule has 42 heavy (non-hydrogen) atoms. The number of rotatable bonds is 8. The van der Waals surface area contributed by atoms with Crippen molar-refractivity contribution >= 4 is 11.4 Å². The number of hydrogen-bond acceptors (Lipinski definition) is 13. The zero-order valence-electron chi connectivity index (χ0n) is 22.8. The Morgan fingerprint density at radius 2 is 1.38 bits per heavy atom. The summed E-state index contributed by atoms with van der Waals surface area (Å²) >= 11 is 0. The van der Waals surface area contributed by atoms with Crippen molar-refractivity contribution < 1.29 is 19.5 Å². The third-order valence-corrected chi connectivity index (χ3v) is 5.92. The minimum absolute atomic E-state index is 0.197.